The Labute approximate surface area is 210 Å². The largest absolute Gasteiger partial charge is 0.382 e. The summed E-state index contributed by atoms with van der Waals surface area (Å²) in [4.78, 5) is 40.1. The molecule has 1 fully saturated rings. The molecular weight excluding hydrogens is 459 g/mol. The van der Waals surface area contributed by atoms with Gasteiger partial charge >= 0.3 is 0 Å². The summed E-state index contributed by atoms with van der Waals surface area (Å²) in [6, 6.07) is 9.25. The highest BCUT2D eigenvalue weighted by Gasteiger charge is 2.20. The van der Waals surface area contributed by atoms with E-state index >= 15 is 0 Å². The second-order valence-electron chi connectivity index (χ2n) is 8.26. The van der Waals surface area contributed by atoms with Crippen molar-refractivity contribution in [1.82, 2.24) is 25.5 Å². The minimum atomic E-state index is -0.473. The molecule has 3 aromatic rings. The van der Waals surface area contributed by atoms with Gasteiger partial charge in [-0.15, -0.1) is 0 Å². The van der Waals surface area contributed by atoms with E-state index in [1.54, 1.807) is 12.4 Å². The number of anilines is 3. The van der Waals surface area contributed by atoms with Crippen LogP contribution in [0.25, 0.3) is 11.3 Å². The molecule has 0 aliphatic carbocycles. The smallest absolute Gasteiger partial charge is 0.278 e. The minimum absolute atomic E-state index is 0.0252. The van der Waals surface area contributed by atoms with Crippen LogP contribution in [-0.4, -0.2) is 74.1 Å². The van der Waals surface area contributed by atoms with Crippen molar-refractivity contribution >= 4 is 37.0 Å². The van der Waals surface area contributed by atoms with Gasteiger partial charge in [0.15, 0.2) is 19.5 Å². The number of morpholine rings is 1. The highest BCUT2D eigenvalue weighted by atomic mass is 16.5. The Morgan fingerprint density at radius 1 is 1.08 bits per heavy atom. The van der Waals surface area contributed by atoms with Crippen molar-refractivity contribution in [2.45, 2.75) is 6.42 Å². The molecule has 36 heavy (non-hydrogen) atoms. The van der Waals surface area contributed by atoms with E-state index in [0.29, 0.717) is 37.7 Å². The van der Waals surface area contributed by atoms with Gasteiger partial charge in [-0.2, -0.15) is 0 Å². The fourth-order valence-corrected chi connectivity index (χ4v) is 3.82. The highest BCUT2D eigenvalue weighted by molar-refractivity contribution is 6.07. The number of benzene rings is 1. The number of amides is 2. The number of rotatable bonds is 9. The van der Waals surface area contributed by atoms with Crippen LogP contribution in [0.4, 0.5) is 17.2 Å². The van der Waals surface area contributed by atoms with E-state index < -0.39 is 5.91 Å². The molecule has 0 spiro atoms. The van der Waals surface area contributed by atoms with E-state index in [1.165, 1.54) is 6.20 Å². The van der Waals surface area contributed by atoms with Gasteiger partial charge in [0.1, 0.15) is 0 Å². The number of nitrogen functional groups attached to an aromatic ring is 1. The Morgan fingerprint density at radius 2 is 1.86 bits per heavy atom. The van der Waals surface area contributed by atoms with Gasteiger partial charge in [0.05, 0.1) is 49.1 Å². The molecule has 5 N–H and O–H groups in total. The molecule has 4 rings (SSSR count). The summed E-state index contributed by atoms with van der Waals surface area (Å²) >= 11 is 0. The monoisotopic (exact) mass is 488 g/mol. The van der Waals surface area contributed by atoms with Crippen LogP contribution in [0.1, 0.15) is 16.1 Å². The minimum Gasteiger partial charge on any atom is -0.382 e. The van der Waals surface area contributed by atoms with Crippen LogP contribution in [0.2, 0.25) is 0 Å². The van der Waals surface area contributed by atoms with Gasteiger partial charge in [-0.3, -0.25) is 14.6 Å². The average molecular weight is 488 g/mol. The third-order valence-electron chi connectivity index (χ3n) is 5.73. The number of pyridine rings is 1. The molecule has 11 nitrogen and oxygen atoms in total. The highest BCUT2D eigenvalue weighted by Crippen LogP contribution is 2.26. The summed E-state index contributed by atoms with van der Waals surface area (Å²) in [7, 11) is 1.83. The predicted molar refractivity (Wildman–Crippen MR) is 140 cm³/mol. The summed E-state index contributed by atoms with van der Waals surface area (Å²) < 4.78 is 5.43. The van der Waals surface area contributed by atoms with Crippen LogP contribution in [0.5, 0.6) is 0 Å². The lowest BCUT2D eigenvalue weighted by molar-refractivity contribution is -0.120. The van der Waals surface area contributed by atoms with E-state index in [4.69, 9.17) is 10.5 Å². The molecule has 0 atom stereocenters. The Morgan fingerprint density at radius 3 is 2.61 bits per heavy atom. The number of ether oxygens (including phenoxy) is 1. The van der Waals surface area contributed by atoms with Crippen LogP contribution in [-0.2, 0) is 16.0 Å². The summed E-state index contributed by atoms with van der Waals surface area (Å²) in [6.07, 6.45) is 5.09. The fourth-order valence-electron chi connectivity index (χ4n) is 3.82. The van der Waals surface area contributed by atoms with E-state index in [0.717, 1.165) is 29.9 Å². The molecule has 1 saturated heterocycles. The number of hydrogen-bond donors (Lipinski definition) is 4. The van der Waals surface area contributed by atoms with Crippen LogP contribution < -0.4 is 26.5 Å². The van der Waals surface area contributed by atoms with E-state index in [1.807, 2.05) is 38.3 Å². The van der Waals surface area contributed by atoms with E-state index in [2.05, 4.69) is 35.7 Å². The normalized spacial score (nSPS) is 13.3. The van der Waals surface area contributed by atoms with Gasteiger partial charge in [0.2, 0.25) is 5.91 Å². The molecule has 3 heterocycles. The maximum Gasteiger partial charge on any atom is 0.278 e. The third kappa shape index (κ3) is 6.35. The van der Waals surface area contributed by atoms with Crippen LogP contribution >= 0.6 is 0 Å². The Balaban J connectivity index is 1.47. The van der Waals surface area contributed by atoms with Crippen molar-refractivity contribution in [2.75, 3.05) is 55.3 Å². The first-order chi connectivity index (χ1) is 17.5. The molecule has 0 unspecified atom stereocenters. The van der Waals surface area contributed by atoms with Gasteiger partial charge < -0.3 is 31.2 Å². The number of nitrogens with one attached hydrogen (secondary N) is 3. The molecule has 0 saturated carbocycles. The van der Waals surface area contributed by atoms with Gasteiger partial charge in [-0.1, -0.05) is 24.3 Å². The van der Waals surface area contributed by atoms with Gasteiger partial charge in [-0.05, 0) is 11.6 Å². The van der Waals surface area contributed by atoms with Crippen molar-refractivity contribution in [2.24, 2.45) is 0 Å². The number of nitrogens with zero attached hydrogens (tertiary/aromatic N) is 4. The van der Waals surface area contributed by atoms with Crippen molar-refractivity contribution in [1.29, 1.82) is 0 Å². The zero-order chi connectivity index (χ0) is 25.3. The quantitative estimate of drug-likeness (QED) is 0.242. The number of carbonyl (C=O) groups is 2. The Bertz CT molecular complexity index is 1200. The van der Waals surface area contributed by atoms with Crippen molar-refractivity contribution in [3.8, 4) is 11.3 Å². The molecule has 1 aromatic carbocycles. The molecule has 0 bridgehead atoms. The summed E-state index contributed by atoms with van der Waals surface area (Å²) in [6.45, 7) is 3.97. The first-order valence-corrected chi connectivity index (χ1v) is 11.8. The first-order valence-electron chi connectivity index (χ1n) is 11.8. The fraction of sp³-hybridized carbons (Fsp3) is 0.292. The summed E-state index contributed by atoms with van der Waals surface area (Å²) in [5.74, 6) is -0.488. The third-order valence-corrected chi connectivity index (χ3v) is 5.73. The van der Waals surface area contributed by atoms with Crippen molar-refractivity contribution < 1.29 is 14.3 Å². The maximum atomic E-state index is 13.1. The number of carbonyl (C=O) groups excluding carboxylic acids is 2. The molecule has 1 aliphatic heterocycles. The lowest BCUT2D eigenvalue weighted by Crippen LogP contribution is -2.36. The van der Waals surface area contributed by atoms with E-state index in [9.17, 15) is 9.59 Å². The number of hydrogen-bond acceptors (Lipinski definition) is 9. The second kappa shape index (κ2) is 12.1. The maximum absolute atomic E-state index is 13.1. The van der Waals surface area contributed by atoms with Crippen LogP contribution in [0, 0.1) is 0 Å². The molecule has 2 amide bonds. The van der Waals surface area contributed by atoms with Crippen molar-refractivity contribution in [3.63, 3.8) is 0 Å². The Hall–Kier alpha value is -4.03. The van der Waals surface area contributed by atoms with E-state index in [-0.39, 0.29) is 23.8 Å². The van der Waals surface area contributed by atoms with Crippen molar-refractivity contribution in [3.05, 3.63) is 60.2 Å². The van der Waals surface area contributed by atoms with Gasteiger partial charge in [-0.25, -0.2) is 9.97 Å². The standard InChI is InChI=1S/C24H29BN8O3/c25-30-8-7-28-21(34)13-16-1-3-17(4-2-16)18-15-29-23(26)22(31-18)24(35)32-19-14-27-6-5-20(19)33-9-11-36-12-10-33/h1-6,14-15,30H,7-13,25H2,(H2,26,29)(H,28,34)(H,32,35). The topological polar surface area (TPSA) is 147 Å². The second-order valence-corrected chi connectivity index (χ2v) is 8.26. The molecule has 0 radical (unpaired) electrons. The first kappa shape index (κ1) is 25.1. The SMILES string of the molecule is BNCCNC(=O)Cc1ccc(-c2cnc(N)c(C(=O)Nc3cnccc3N3CCOCC3)n2)cc1. The van der Waals surface area contributed by atoms with Gasteiger partial charge in [0, 0.05) is 37.9 Å². The summed E-state index contributed by atoms with van der Waals surface area (Å²) in [5, 5.41) is 8.72. The predicted octanol–water partition coefficient (Wildman–Crippen LogP) is 0.00610. The van der Waals surface area contributed by atoms with Gasteiger partial charge in [0.25, 0.3) is 5.91 Å². The molecule has 12 heteroatoms. The zero-order valence-corrected chi connectivity index (χ0v) is 20.2. The van der Waals surface area contributed by atoms with Crippen LogP contribution in [0.3, 0.4) is 0 Å². The Kier molecular flexibility index (Phi) is 8.42. The number of aromatic nitrogens is 3. The molecule has 186 valence electrons. The molecule has 1 aliphatic rings. The summed E-state index contributed by atoms with van der Waals surface area (Å²) in [5.41, 5.74) is 9.58. The number of nitrogens with two attached hydrogens (primary N) is 1. The lowest BCUT2D eigenvalue weighted by atomic mass is 10.1. The molecule has 2 aromatic heterocycles. The lowest BCUT2D eigenvalue weighted by Gasteiger charge is -2.30. The zero-order valence-electron chi connectivity index (χ0n) is 20.2. The van der Waals surface area contributed by atoms with Crippen LogP contribution in [0.15, 0.2) is 48.9 Å². The molecular formula is C24H29BN8O3. The average Bonchev–Trinajstić information content (AvgIpc) is 2.90.